The van der Waals surface area contributed by atoms with Gasteiger partial charge in [-0.2, -0.15) is 4.72 Å². The van der Waals surface area contributed by atoms with Crippen LogP contribution >= 0.6 is 11.3 Å². The van der Waals surface area contributed by atoms with Gasteiger partial charge in [0.05, 0.1) is 4.90 Å². The van der Waals surface area contributed by atoms with E-state index in [1.807, 2.05) is 29.2 Å². The average molecular weight is 474 g/mol. The number of likely N-dealkylation sites (tertiary alicyclic amines) is 1. The molecule has 1 aromatic heterocycles. The van der Waals surface area contributed by atoms with Gasteiger partial charge in [0.1, 0.15) is 5.54 Å². The topological polar surface area (TPSA) is 69.7 Å². The molecule has 2 fully saturated rings. The molecule has 1 amide bonds. The Balaban J connectivity index is 1.29. The van der Waals surface area contributed by atoms with Crippen LogP contribution in [0.4, 0.5) is 0 Å². The number of carbonyl (C=O) groups excluding carboxylic acids is 1. The van der Waals surface area contributed by atoms with Gasteiger partial charge in [0.15, 0.2) is 0 Å². The van der Waals surface area contributed by atoms with E-state index in [0.29, 0.717) is 32.0 Å². The predicted octanol–water partition coefficient (Wildman–Crippen LogP) is 3.31. The Bertz CT molecular complexity index is 1100. The summed E-state index contributed by atoms with van der Waals surface area (Å²) in [5.74, 6) is -0.0436. The number of nitrogens with one attached hydrogen (secondary N) is 1. The lowest BCUT2D eigenvalue weighted by Gasteiger charge is -2.50. The van der Waals surface area contributed by atoms with Gasteiger partial charge in [-0.05, 0) is 60.9 Å². The summed E-state index contributed by atoms with van der Waals surface area (Å²) in [4.78, 5) is 19.7. The molecular weight excluding hydrogens is 442 g/mol. The summed E-state index contributed by atoms with van der Waals surface area (Å²) in [5.41, 5.74) is 1.28. The van der Waals surface area contributed by atoms with Crippen LogP contribution in [0.1, 0.15) is 48.1 Å². The summed E-state index contributed by atoms with van der Waals surface area (Å²) >= 11 is 1.84. The second kappa shape index (κ2) is 8.56. The zero-order chi connectivity index (χ0) is 22.3. The van der Waals surface area contributed by atoms with Crippen molar-refractivity contribution in [2.45, 2.75) is 68.5 Å². The van der Waals surface area contributed by atoms with Gasteiger partial charge in [-0.15, -0.1) is 11.3 Å². The lowest BCUT2D eigenvalue weighted by Crippen LogP contribution is -2.68. The van der Waals surface area contributed by atoms with Crippen molar-refractivity contribution < 1.29 is 13.2 Å². The number of amides is 1. The zero-order valence-electron chi connectivity index (χ0n) is 18.5. The first-order valence-corrected chi connectivity index (χ1v) is 13.9. The number of hydrogen-bond acceptors (Lipinski definition) is 5. The fourth-order valence-electron chi connectivity index (χ4n) is 5.35. The van der Waals surface area contributed by atoms with E-state index in [4.69, 9.17) is 0 Å². The molecule has 1 aromatic carbocycles. The summed E-state index contributed by atoms with van der Waals surface area (Å²) in [6, 6.07) is 9.46. The van der Waals surface area contributed by atoms with E-state index in [9.17, 15) is 13.2 Å². The number of sulfonamides is 1. The number of carbonyl (C=O) groups is 1. The molecule has 0 radical (unpaired) electrons. The molecular formula is C24H31N3O3S2. The van der Waals surface area contributed by atoms with Crippen molar-refractivity contribution in [3.05, 3.63) is 51.7 Å². The molecule has 1 saturated carbocycles. The maximum atomic E-state index is 13.6. The van der Waals surface area contributed by atoms with Crippen LogP contribution in [0.15, 0.2) is 40.6 Å². The van der Waals surface area contributed by atoms with Crippen LogP contribution < -0.4 is 4.72 Å². The van der Waals surface area contributed by atoms with Crippen molar-refractivity contribution in [2.75, 3.05) is 19.6 Å². The maximum Gasteiger partial charge on any atom is 0.243 e. The highest BCUT2D eigenvalue weighted by Crippen LogP contribution is 2.34. The number of thiophene rings is 1. The number of nitrogens with zero attached hydrogens (tertiary/aromatic N) is 2. The third-order valence-corrected chi connectivity index (χ3v) is 9.81. The van der Waals surface area contributed by atoms with Gasteiger partial charge in [0.2, 0.25) is 15.9 Å². The zero-order valence-corrected chi connectivity index (χ0v) is 20.2. The lowest BCUT2D eigenvalue weighted by atomic mass is 9.80. The smallest absolute Gasteiger partial charge is 0.243 e. The minimum Gasteiger partial charge on any atom is -0.338 e. The fourth-order valence-corrected chi connectivity index (χ4v) is 7.76. The molecule has 0 unspecified atom stereocenters. The molecule has 5 rings (SSSR count). The van der Waals surface area contributed by atoms with Crippen LogP contribution in [-0.2, 0) is 27.8 Å². The minimum absolute atomic E-state index is 0.0436. The molecule has 3 aliphatic rings. The van der Waals surface area contributed by atoms with Crippen LogP contribution in [0, 0.1) is 6.92 Å². The van der Waals surface area contributed by atoms with Crippen molar-refractivity contribution in [3.63, 3.8) is 0 Å². The molecule has 3 heterocycles. The molecule has 0 spiro atoms. The van der Waals surface area contributed by atoms with Gasteiger partial charge in [-0.25, -0.2) is 8.42 Å². The van der Waals surface area contributed by atoms with Crippen LogP contribution in [0.25, 0.3) is 0 Å². The molecule has 2 aromatic rings. The van der Waals surface area contributed by atoms with Crippen LogP contribution in [0.3, 0.4) is 0 Å². The standard InChI is InChI=1S/C24H31N3O3S2/c1-18-6-5-7-21(14-18)32(29,30)25-24(10-3-2-4-11-24)23(28)27-16-20(17-27)26-12-8-22-19(15-26)9-13-31-22/h5-7,9,13-14,20,25H,2-4,8,10-12,15-17H2,1H3. The highest BCUT2D eigenvalue weighted by molar-refractivity contribution is 7.89. The SMILES string of the molecule is Cc1cccc(S(=O)(=O)NC2(C(=O)N3CC(N4CCc5sccc5C4)C3)CCCCC2)c1. The normalized spacial score (nSPS) is 21.7. The van der Waals surface area contributed by atoms with Crippen LogP contribution in [0.2, 0.25) is 0 Å². The first kappa shape index (κ1) is 22.1. The number of benzene rings is 1. The molecule has 1 aliphatic carbocycles. The molecule has 32 heavy (non-hydrogen) atoms. The van der Waals surface area contributed by atoms with E-state index >= 15 is 0 Å². The minimum atomic E-state index is -3.77. The van der Waals surface area contributed by atoms with Gasteiger partial charge in [-0.3, -0.25) is 9.69 Å². The lowest BCUT2D eigenvalue weighted by molar-refractivity contribution is -0.147. The third kappa shape index (κ3) is 4.14. The van der Waals surface area contributed by atoms with Crippen molar-refractivity contribution >= 4 is 27.3 Å². The van der Waals surface area contributed by atoms with E-state index in [-0.39, 0.29) is 10.8 Å². The largest absolute Gasteiger partial charge is 0.338 e. The van der Waals surface area contributed by atoms with Gasteiger partial charge >= 0.3 is 0 Å². The van der Waals surface area contributed by atoms with E-state index in [0.717, 1.165) is 44.3 Å². The molecule has 8 heteroatoms. The van der Waals surface area contributed by atoms with E-state index in [1.54, 1.807) is 18.2 Å². The highest BCUT2D eigenvalue weighted by Gasteiger charge is 2.48. The maximum absolute atomic E-state index is 13.6. The predicted molar refractivity (Wildman–Crippen MR) is 126 cm³/mol. The third-order valence-electron chi connectivity index (χ3n) is 7.25. The Morgan fingerprint density at radius 3 is 2.69 bits per heavy atom. The van der Waals surface area contributed by atoms with Gasteiger partial charge < -0.3 is 4.90 Å². The van der Waals surface area contributed by atoms with Gasteiger partial charge in [-0.1, -0.05) is 31.4 Å². The Morgan fingerprint density at radius 2 is 1.94 bits per heavy atom. The molecule has 1 N–H and O–H groups in total. The highest BCUT2D eigenvalue weighted by atomic mass is 32.2. The van der Waals surface area contributed by atoms with Crippen molar-refractivity contribution in [1.82, 2.24) is 14.5 Å². The monoisotopic (exact) mass is 473 g/mol. The van der Waals surface area contributed by atoms with Crippen LogP contribution in [0.5, 0.6) is 0 Å². The molecule has 2 aliphatic heterocycles. The first-order chi connectivity index (χ1) is 15.4. The Kier molecular flexibility index (Phi) is 5.90. The van der Waals surface area contributed by atoms with Crippen molar-refractivity contribution in [3.8, 4) is 0 Å². The number of aryl methyl sites for hydroxylation is 1. The second-order valence-electron chi connectivity index (χ2n) is 9.52. The number of hydrogen-bond donors (Lipinski definition) is 1. The van der Waals surface area contributed by atoms with Crippen molar-refractivity contribution in [1.29, 1.82) is 0 Å². The average Bonchev–Trinajstić information content (AvgIpc) is 3.21. The quantitative estimate of drug-likeness (QED) is 0.723. The number of fused-ring (bicyclic) bond motifs is 1. The first-order valence-electron chi connectivity index (χ1n) is 11.6. The van der Waals surface area contributed by atoms with E-state index in [2.05, 4.69) is 21.1 Å². The molecule has 6 nitrogen and oxygen atoms in total. The summed E-state index contributed by atoms with van der Waals surface area (Å²) in [7, 11) is -3.77. The Morgan fingerprint density at radius 1 is 1.16 bits per heavy atom. The summed E-state index contributed by atoms with van der Waals surface area (Å²) in [5, 5.41) is 2.16. The Labute approximate surface area is 194 Å². The van der Waals surface area contributed by atoms with Crippen LogP contribution in [-0.4, -0.2) is 55.3 Å². The second-order valence-corrected chi connectivity index (χ2v) is 12.2. The van der Waals surface area contributed by atoms with Crippen molar-refractivity contribution in [2.24, 2.45) is 0 Å². The summed E-state index contributed by atoms with van der Waals surface area (Å²) < 4.78 is 29.3. The molecule has 1 saturated heterocycles. The van der Waals surface area contributed by atoms with E-state index in [1.165, 1.54) is 10.4 Å². The summed E-state index contributed by atoms with van der Waals surface area (Å²) in [6.45, 7) is 5.24. The molecule has 172 valence electrons. The Hall–Kier alpha value is -1.74. The van der Waals surface area contributed by atoms with Gasteiger partial charge in [0.25, 0.3) is 0 Å². The van der Waals surface area contributed by atoms with E-state index < -0.39 is 15.6 Å². The molecule has 0 atom stereocenters. The molecule has 0 bridgehead atoms. The van der Waals surface area contributed by atoms with Gasteiger partial charge in [0, 0.05) is 37.1 Å². The number of rotatable bonds is 5. The summed E-state index contributed by atoms with van der Waals surface area (Å²) in [6.07, 6.45) is 5.00. The fraction of sp³-hybridized carbons (Fsp3) is 0.542.